The van der Waals surface area contributed by atoms with Crippen LogP contribution in [0.15, 0.2) is 4.99 Å². The highest BCUT2D eigenvalue weighted by Crippen LogP contribution is 2.47. The van der Waals surface area contributed by atoms with Gasteiger partial charge in [0.1, 0.15) is 5.01 Å². The maximum atomic E-state index is 4.58. The average molecular weight is 420 g/mol. The van der Waals surface area contributed by atoms with Crippen molar-refractivity contribution in [2.45, 2.75) is 46.1 Å². The first-order chi connectivity index (χ1) is 9.62. The van der Waals surface area contributed by atoms with Crippen LogP contribution < -0.4 is 5.32 Å². The number of hydrogen-bond donors (Lipinski definition) is 1. The van der Waals surface area contributed by atoms with Gasteiger partial charge in [0.05, 0.1) is 12.2 Å². The van der Waals surface area contributed by atoms with Gasteiger partial charge in [0, 0.05) is 25.0 Å². The Morgan fingerprint density at radius 1 is 1.38 bits per heavy atom. The molecule has 3 rings (SSSR count). The summed E-state index contributed by atoms with van der Waals surface area (Å²) in [6.45, 7) is 7.32. The van der Waals surface area contributed by atoms with Crippen LogP contribution in [0.2, 0.25) is 0 Å². The van der Waals surface area contributed by atoms with Crippen molar-refractivity contribution in [3.8, 4) is 0 Å². The predicted molar refractivity (Wildman–Crippen MR) is 99.7 cm³/mol. The van der Waals surface area contributed by atoms with Gasteiger partial charge in [-0.2, -0.15) is 0 Å². The van der Waals surface area contributed by atoms with Gasteiger partial charge in [0.25, 0.3) is 0 Å². The lowest BCUT2D eigenvalue weighted by atomic mass is 9.68. The molecule has 1 aromatic heterocycles. The van der Waals surface area contributed by atoms with E-state index in [2.05, 4.69) is 34.0 Å². The molecule has 1 aliphatic carbocycles. The lowest BCUT2D eigenvalue weighted by Gasteiger charge is -2.38. The Labute approximate surface area is 148 Å². The Bertz CT molecular complexity index is 502. The third kappa shape index (κ3) is 3.52. The molecule has 0 unspecified atom stereocenters. The Morgan fingerprint density at radius 3 is 2.62 bits per heavy atom. The van der Waals surface area contributed by atoms with E-state index in [1.807, 2.05) is 7.05 Å². The van der Waals surface area contributed by atoms with E-state index in [0.29, 0.717) is 5.41 Å². The molecular formula is C15H25IN4S. The number of hydrogen-bond acceptors (Lipinski definition) is 3. The van der Waals surface area contributed by atoms with E-state index in [1.54, 1.807) is 11.3 Å². The first kappa shape index (κ1) is 17.0. The van der Waals surface area contributed by atoms with E-state index in [4.69, 9.17) is 0 Å². The zero-order chi connectivity index (χ0) is 14.2. The van der Waals surface area contributed by atoms with Crippen molar-refractivity contribution in [3.05, 3.63) is 15.6 Å². The summed E-state index contributed by atoms with van der Waals surface area (Å²) in [7, 11) is 1.88. The van der Waals surface area contributed by atoms with Crippen molar-refractivity contribution < 1.29 is 0 Å². The molecule has 2 heterocycles. The lowest BCUT2D eigenvalue weighted by molar-refractivity contribution is 0.151. The predicted octanol–water partition coefficient (Wildman–Crippen LogP) is 3.33. The molecule has 1 saturated carbocycles. The first-order valence-electron chi connectivity index (χ1n) is 7.50. The summed E-state index contributed by atoms with van der Waals surface area (Å²) in [5.41, 5.74) is 1.77. The Balaban J connectivity index is 0.00000161. The Kier molecular flexibility index (Phi) is 5.51. The fourth-order valence-electron chi connectivity index (χ4n) is 3.30. The van der Waals surface area contributed by atoms with Crippen molar-refractivity contribution in [2.24, 2.45) is 10.4 Å². The van der Waals surface area contributed by atoms with E-state index in [9.17, 15) is 0 Å². The molecule has 1 aliphatic heterocycles. The van der Waals surface area contributed by atoms with Crippen LogP contribution in [0.5, 0.6) is 0 Å². The van der Waals surface area contributed by atoms with Crippen molar-refractivity contribution in [2.75, 3.05) is 20.1 Å². The summed E-state index contributed by atoms with van der Waals surface area (Å²) < 4.78 is 0. The number of nitrogens with zero attached hydrogens (tertiary/aromatic N) is 3. The number of guanidine groups is 1. The smallest absolute Gasteiger partial charge is 0.194 e. The fraction of sp³-hybridized carbons (Fsp3) is 0.733. The third-order valence-electron chi connectivity index (χ3n) is 4.83. The molecule has 1 saturated heterocycles. The molecule has 0 amide bonds. The minimum atomic E-state index is 0. The maximum Gasteiger partial charge on any atom is 0.194 e. The molecule has 4 nitrogen and oxygen atoms in total. The summed E-state index contributed by atoms with van der Waals surface area (Å²) in [5.74, 6) is 1.04. The molecule has 2 fully saturated rings. The number of thiazole rings is 1. The number of halogens is 1. The average Bonchev–Trinajstić information content (AvgIpc) is 2.96. The van der Waals surface area contributed by atoms with Gasteiger partial charge in [0.2, 0.25) is 0 Å². The highest BCUT2D eigenvalue weighted by molar-refractivity contribution is 14.0. The number of aryl methyl sites for hydroxylation is 2. The van der Waals surface area contributed by atoms with Gasteiger partial charge in [-0.25, -0.2) is 4.98 Å². The standard InChI is InChI=1S/C15H24N4S.HI/c1-11-12(2)20-13(18-11)9-17-14(16-3)19-8-7-15(10-19)5-4-6-15;/h4-10H2,1-3H3,(H,16,17);1H. The summed E-state index contributed by atoms with van der Waals surface area (Å²) >= 11 is 1.78. The molecule has 1 spiro atoms. The molecule has 0 aromatic carbocycles. The van der Waals surface area contributed by atoms with E-state index >= 15 is 0 Å². The molecule has 0 bridgehead atoms. The van der Waals surface area contributed by atoms with Gasteiger partial charge in [-0.1, -0.05) is 6.42 Å². The van der Waals surface area contributed by atoms with Gasteiger partial charge in [0.15, 0.2) is 5.96 Å². The van der Waals surface area contributed by atoms with E-state index < -0.39 is 0 Å². The SMILES string of the molecule is CN=C(NCc1nc(C)c(C)s1)N1CCC2(CCC2)C1.I. The normalized spacial score (nSPS) is 20.3. The van der Waals surface area contributed by atoms with E-state index in [0.717, 1.165) is 29.8 Å². The topological polar surface area (TPSA) is 40.5 Å². The molecule has 1 N–H and O–H groups in total. The Hall–Kier alpha value is -0.370. The number of aliphatic imine (C=N–C) groups is 1. The van der Waals surface area contributed by atoms with Crippen LogP contribution in [-0.4, -0.2) is 36.0 Å². The van der Waals surface area contributed by atoms with Crippen molar-refractivity contribution in [3.63, 3.8) is 0 Å². The second-order valence-corrected chi connectivity index (χ2v) is 7.46. The zero-order valence-electron chi connectivity index (χ0n) is 13.1. The molecule has 0 atom stereocenters. The van der Waals surface area contributed by atoms with Gasteiger partial charge >= 0.3 is 0 Å². The second kappa shape index (κ2) is 6.81. The minimum Gasteiger partial charge on any atom is -0.350 e. The van der Waals surface area contributed by atoms with Crippen molar-refractivity contribution in [1.82, 2.24) is 15.2 Å². The summed E-state index contributed by atoms with van der Waals surface area (Å²) in [4.78, 5) is 12.8. The maximum absolute atomic E-state index is 4.58. The molecule has 0 radical (unpaired) electrons. The number of nitrogens with one attached hydrogen (secondary N) is 1. The van der Waals surface area contributed by atoms with Crippen molar-refractivity contribution >= 4 is 41.3 Å². The van der Waals surface area contributed by atoms with Gasteiger partial charge in [-0.05, 0) is 38.5 Å². The third-order valence-corrected chi connectivity index (χ3v) is 5.91. The van der Waals surface area contributed by atoms with Crippen molar-refractivity contribution in [1.29, 1.82) is 0 Å². The zero-order valence-corrected chi connectivity index (χ0v) is 16.3. The van der Waals surface area contributed by atoms with Crippen LogP contribution in [-0.2, 0) is 6.54 Å². The minimum absolute atomic E-state index is 0. The summed E-state index contributed by atoms with van der Waals surface area (Å²) in [5, 5.41) is 4.63. The van der Waals surface area contributed by atoms with Crippen LogP contribution >= 0.6 is 35.3 Å². The van der Waals surface area contributed by atoms with Crippen LogP contribution in [0.3, 0.4) is 0 Å². The van der Waals surface area contributed by atoms with E-state index in [-0.39, 0.29) is 24.0 Å². The lowest BCUT2D eigenvalue weighted by Crippen LogP contribution is -2.42. The fourth-order valence-corrected chi connectivity index (χ4v) is 4.18. The monoisotopic (exact) mass is 420 g/mol. The number of rotatable bonds is 2. The van der Waals surface area contributed by atoms with Gasteiger partial charge < -0.3 is 10.2 Å². The molecule has 21 heavy (non-hydrogen) atoms. The largest absolute Gasteiger partial charge is 0.350 e. The quantitative estimate of drug-likeness (QED) is 0.453. The number of aromatic nitrogens is 1. The number of likely N-dealkylation sites (tertiary alicyclic amines) is 1. The highest BCUT2D eigenvalue weighted by atomic mass is 127. The van der Waals surface area contributed by atoms with Crippen LogP contribution in [0.25, 0.3) is 0 Å². The molecule has 6 heteroatoms. The van der Waals surface area contributed by atoms with Crippen LogP contribution in [0.4, 0.5) is 0 Å². The van der Waals surface area contributed by atoms with Gasteiger partial charge in [-0.15, -0.1) is 35.3 Å². The molecule has 2 aliphatic rings. The van der Waals surface area contributed by atoms with Crippen LogP contribution in [0.1, 0.15) is 41.3 Å². The first-order valence-corrected chi connectivity index (χ1v) is 8.32. The summed E-state index contributed by atoms with van der Waals surface area (Å²) in [6, 6.07) is 0. The molecular weight excluding hydrogens is 395 g/mol. The molecule has 118 valence electrons. The summed E-state index contributed by atoms with van der Waals surface area (Å²) in [6.07, 6.45) is 5.57. The molecule has 1 aromatic rings. The van der Waals surface area contributed by atoms with E-state index in [1.165, 1.54) is 37.1 Å². The Morgan fingerprint density at radius 2 is 2.14 bits per heavy atom. The van der Waals surface area contributed by atoms with Crippen LogP contribution in [0, 0.1) is 19.3 Å². The van der Waals surface area contributed by atoms with Gasteiger partial charge in [-0.3, -0.25) is 4.99 Å². The second-order valence-electron chi connectivity index (χ2n) is 6.18. The highest BCUT2D eigenvalue weighted by Gasteiger charge is 2.43.